The first-order chi connectivity index (χ1) is 14.7. The van der Waals surface area contributed by atoms with Crippen LogP contribution in [-0.4, -0.2) is 37.5 Å². The summed E-state index contributed by atoms with van der Waals surface area (Å²) in [6.45, 7) is 5.63. The Morgan fingerprint density at radius 2 is 1.97 bits per heavy atom. The molecular formula is C20H21F3N6O2. The molecule has 1 atom stereocenters. The van der Waals surface area contributed by atoms with E-state index in [1.54, 1.807) is 25.3 Å². The average Bonchev–Trinajstić information content (AvgIpc) is 3.18. The molecular weight excluding hydrogens is 413 g/mol. The molecule has 164 valence electrons. The highest BCUT2D eigenvalue weighted by Crippen LogP contribution is 2.30. The summed E-state index contributed by atoms with van der Waals surface area (Å²) in [6, 6.07) is 4.61. The van der Waals surface area contributed by atoms with Crippen LogP contribution >= 0.6 is 0 Å². The highest BCUT2D eigenvalue weighted by molar-refractivity contribution is 5.74. The van der Waals surface area contributed by atoms with Gasteiger partial charge in [0.05, 0.1) is 24.1 Å². The number of aromatic nitrogens is 5. The van der Waals surface area contributed by atoms with Crippen LogP contribution in [0.5, 0.6) is 0 Å². The van der Waals surface area contributed by atoms with Crippen molar-refractivity contribution in [3.8, 4) is 11.4 Å². The quantitative estimate of drug-likeness (QED) is 0.554. The molecule has 0 saturated carbocycles. The molecule has 11 heteroatoms. The second kappa shape index (κ2) is 9.11. The Hall–Kier alpha value is -3.50. The summed E-state index contributed by atoms with van der Waals surface area (Å²) < 4.78 is 45.3. The number of carbonyl (C=O) groups excluding carboxylic acids is 1. The van der Waals surface area contributed by atoms with Gasteiger partial charge < -0.3 is 10.1 Å². The number of hydrogen-bond acceptors (Lipinski definition) is 7. The summed E-state index contributed by atoms with van der Waals surface area (Å²) in [6.07, 6.45) is -1.35. The van der Waals surface area contributed by atoms with Gasteiger partial charge in [0.15, 0.2) is 6.04 Å². The largest absolute Gasteiger partial charge is 0.464 e. The van der Waals surface area contributed by atoms with Crippen molar-refractivity contribution in [2.24, 2.45) is 0 Å². The van der Waals surface area contributed by atoms with E-state index in [1.165, 1.54) is 4.68 Å². The number of rotatable bonds is 7. The van der Waals surface area contributed by atoms with Crippen LogP contribution in [0.15, 0.2) is 36.7 Å². The van der Waals surface area contributed by atoms with Crippen molar-refractivity contribution in [1.29, 1.82) is 0 Å². The zero-order valence-electron chi connectivity index (χ0n) is 17.1. The lowest BCUT2D eigenvalue weighted by Crippen LogP contribution is -2.21. The second-order valence-electron chi connectivity index (χ2n) is 6.73. The summed E-state index contributed by atoms with van der Waals surface area (Å²) in [5, 5.41) is 10.9. The number of carbonyl (C=O) groups is 1. The molecule has 0 spiro atoms. The minimum atomic E-state index is -4.47. The summed E-state index contributed by atoms with van der Waals surface area (Å²) in [5.41, 5.74) is 0.836. The molecule has 0 aliphatic carbocycles. The molecule has 31 heavy (non-hydrogen) atoms. The molecule has 1 N–H and O–H groups in total. The summed E-state index contributed by atoms with van der Waals surface area (Å²) in [4.78, 5) is 20.4. The van der Waals surface area contributed by atoms with E-state index in [4.69, 9.17) is 4.74 Å². The Balaban J connectivity index is 1.87. The molecule has 1 unspecified atom stereocenters. The molecule has 0 radical (unpaired) electrons. The lowest BCUT2D eigenvalue weighted by molar-refractivity contribution is -0.147. The van der Waals surface area contributed by atoms with Crippen LogP contribution in [-0.2, 0) is 15.7 Å². The van der Waals surface area contributed by atoms with E-state index in [-0.39, 0.29) is 12.4 Å². The van der Waals surface area contributed by atoms with Crippen LogP contribution in [0.25, 0.3) is 11.4 Å². The number of nitrogens with zero attached hydrogens (tertiary/aromatic N) is 5. The predicted molar refractivity (Wildman–Crippen MR) is 106 cm³/mol. The molecule has 0 fully saturated rings. The number of halogens is 3. The fraction of sp³-hybridized carbons (Fsp3) is 0.350. The Morgan fingerprint density at radius 3 is 2.65 bits per heavy atom. The third-order valence-corrected chi connectivity index (χ3v) is 4.35. The Kier molecular flexibility index (Phi) is 6.52. The molecule has 3 rings (SSSR count). The SMILES string of the molecule is CCOC(=O)C(CC)n1cc(-c2cc(C)cc(Nc3cc(C(F)(F)F)ccn3)n2)nn1. The standard InChI is InChI=1S/C20H21F3N6O2/c1-4-16(19(30)31-5-2)29-11-15(27-28-29)14-8-12(3)9-18(25-14)26-17-10-13(6-7-24-17)20(21,22)23/h6-11,16H,4-5H2,1-3H3,(H,24,25,26). The fourth-order valence-corrected chi connectivity index (χ4v) is 2.92. The number of alkyl halides is 3. The van der Waals surface area contributed by atoms with Gasteiger partial charge in [-0.3, -0.25) is 0 Å². The van der Waals surface area contributed by atoms with Gasteiger partial charge in [-0.25, -0.2) is 19.4 Å². The van der Waals surface area contributed by atoms with E-state index in [2.05, 4.69) is 25.6 Å². The molecule has 0 aliphatic rings. The van der Waals surface area contributed by atoms with E-state index in [1.807, 2.05) is 13.8 Å². The van der Waals surface area contributed by atoms with E-state index < -0.39 is 23.8 Å². The zero-order chi connectivity index (χ0) is 22.6. The minimum Gasteiger partial charge on any atom is -0.464 e. The molecule has 0 aliphatic heterocycles. The molecule has 0 aromatic carbocycles. The first kappa shape index (κ1) is 22.2. The van der Waals surface area contributed by atoms with Gasteiger partial charge in [0.25, 0.3) is 0 Å². The number of esters is 1. The highest BCUT2D eigenvalue weighted by Gasteiger charge is 2.30. The van der Waals surface area contributed by atoms with Gasteiger partial charge in [-0.05, 0) is 50.1 Å². The summed E-state index contributed by atoms with van der Waals surface area (Å²) >= 11 is 0. The third kappa shape index (κ3) is 5.36. The van der Waals surface area contributed by atoms with Crippen molar-refractivity contribution in [2.45, 2.75) is 39.4 Å². The molecule has 0 amide bonds. The van der Waals surface area contributed by atoms with Crippen molar-refractivity contribution in [3.63, 3.8) is 0 Å². The van der Waals surface area contributed by atoms with Gasteiger partial charge in [-0.1, -0.05) is 12.1 Å². The lowest BCUT2D eigenvalue weighted by Gasteiger charge is -2.12. The smallest absolute Gasteiger partial charge is 0.416 e. The Bertz CT molecular complexity index is 1070. The van der Waals surface area contributed by atoms with Crippen molar-refractivity contribution < 1.29 is 22.7 Å². The van der Waals surface area contributed by atoms with Gasteiger partial charge in [0, 0.05) is 6.20 Å². The van der Waals surface area contributed by atoms with Gasteiger partial charge in [-0.2, -0.15) is 13.2 Å². The second-order valence-corrected chi connectivity index (χ2v) is 6.73. The summed E-state index contributed by atoms with van der Waals surface area (Å²) in [5.74, 6) is -0.0960. The van der Waals surface area contributed by atoms with Crippen molar-refractivity contribution >= 4 is 17.6 Å². The fourth-order valence-electron chi connectivity index (χ4n) is 2.92. The first-order valence-corrected chi connectivity index (χ1v) is 9.59. The number of nitrogens with one attached hydrogen (secondary N) is 1. The number of pyridine rings is 2. The van der Waals surface area contributed by atoms with Crippen molar-refractivity contribution in [2.75, 3.05) is 11.9 Å². The topological polar surface area (TPSA) is 94.8 Å². The third-order valence-electron chi connectivity index (χ3n) is 4.35. The molecule has 3 aromatic rings. The maximum atomic E-state index is 12.9. The number of ether oxygens (including phenoxy) is 1. The van der Waals surface area contributed by atoms with Crippen LogP contribution in [0, 0.1) is 6.92 Å². The molecule has 0 saturated heterocycles. The van der Waals surface area contributed by atoms with Crippen molar-refractivity contribution in [1.82, 2.24) is 25.0 Å². The number of anilines is 2. The van der Waals surface area contributed by atoms with Crippen LogP contribution in [0.4, 0.5) is 24.8 Å². The Morgan fingerprint density at radius 1 is 1.19 bits per heavy atom. The molecule has 0 bridgehead atoms. The highest BCUT2D eigenvalue weighted by atomic mass is 19.4. The normalized spacial score (nSPS) is 12.5. The van der Waals surface area contributed by atoms with Crippen LogP contribution in [0.2, 0.25) is 0 Å². The lowest BCUT2D eigenvalue weighted by atomic mass is 10.2. The molecule has 3 heterocycles. The number of hydrogen-bond donors (Lipinski definition) is 1. The maximum Gasteiger partial charge on any atom is 0.416 e. The summed E-state index contributed by atoms with van der Waals surface area (Å²) in [7, 11) is 0. The van der Waals surface area contributed by atoms with Gasteiger partial charge in [0.2, 0.25) is 0 Å². The van der Waals surface area contributed by atoms with E-state index >= 15 is 0 Å². The van der Waals surface area contributed by atoms with Gasteiger partial charge in [0.1, 0.15) is 17.3 Å². The molecule has 8 nitrogen and oxygen atoms in total. The predicted octanol–water partition coefficient (Wildman–Crippen LogP) is 4.32. The monoisotopic (exact) mass is 434 g/mol. The van der Waals surface area contributed by atoms with E-state index in [9.17, 15) is 18.0 Å². The van der Waals surface area contributed by atoms with Crippen LogP contribution < -0.4 is 5.32 Å². The van der Waals surface area contributed by atoms with Crippen LogP contribution in [0.3, 0.4) is 0 Å². The zero-order valence-corrected chi connectivity index (χ0v) is 17.1. The maximum absolute atomic E-state index is 12.9. The van der Waals surface area contributed by atoms with Gasteiger partial charge >= 0.3 is 12.1 Å². The van der Waals surface area contributed by atoms with Gasteiger partial charge in [-0.15, -0.1) is 5.10 Å². The molecule has 3 aromatic heterocycles. The Labute approximate surface area is 176 Å². The minimum absolute atomic E-state index is 0.0101. The van der Waals surface area contributed by atoms with Crippen molar-refractivity contribution in [3.05, 3.63) is 47.8 Å². The average molecular weight is 434 g/mol. The number of aryl methyl sites for hydroxylation is 1. The first-order valence-electron chi connectivity index (χ1n) is 9.59. The van der Waals surface area contributed by atoms with E-state index in [0.29, 0.717) is 23.6 Å². The van der Waals surface area contributed by atoms with E-state index in [0.717, 1.165) is 23.9 Å². The van der Waals surface area contributed by atoms with Crippen LogP contribution in [0.1, 0.15) is 37.4 Å².